The Bertz CT molecular complexity index is 743. The fourth-order valence-corrected chi connectivity index (χ4v) is 4.31. The number of likely N-dealkylation sites (tertiary alicyclic amines) is 1. The number of pyridine rings is 1. The van der Waals surface area contributed by atoms with Crippen LogP contribution >= 0.6 is 35.3 Å². The summed E-state index contributed by atoms with van der Waals surface area (Å²) in [4.78, 5) is 15.2. The van der Waals surface area contributed by atoms with Crippen LogP contribution in [-0.2, 0) is 6.54 Å². The van der Waals surface area contributed by atoms with Gasteiger partial charge in [-0.1, -0.05) is 6.07 Å². The van der Waals surface area contributed by atoms with E-state index in [-0.39, 0.29) is 24.0 Å². The Morgan fingerprint density at radius 1 is 1.28 bits per heavy atom. The SMILES string of the molecule is CCNC(=NCc1ccnc(N(C)C)c1)NCC(c1cccs1)N1CCCC1.I. The molecule has 2 aromatic rings. The summed E-state index contributed by atoms with van der Waals surface area (Å²) in [5, 5.41) is 9.12. The number of guanidine groups is 1. The van der Waals surface area contributed by atoms with Gasteiger partial charge < -0.3 is 15.5 Å². The molecule has 29 heavy (non-hydrogen) atoms. The molecule has 8 heteroatoms. The summed E-state index contributed by atoms with van der Waals surface area (Å²) in [6.45, 7) is 6.81. The number of nitrogens with zero attached hydrogens (tertiary/aromatic N) is 4. The Balaban J connectivity index is 0.00000300. The highest BCUT2D eigenvalue weighted by molar-refractivity contribution is 14.0. The van der Waals surface area contributed by atoms with Gasteiger partial charge in [-0.2, -0.15) is 0 Å². The second kappa shape index (κ2) is 12.3. The van der Waals surface area contributed by atoms with Crippen LogP contribution in [0.1, 0.15) is 36.2 Å². The largest absolute Gasteiger partial charge is 0.363 e. The van der Waals surface area contributed by atoms with Gasteiger partial charge in [-0.25, -0.2) is 9.98 Å². The molecule has 2 N–H and O–H groups in total. The normalized spacial score (nSPS) is 15.6. The first-order chi connectivity index (χ1) is 13.7. The number of halogens is 1. The van der Waals surface area contributed by atoms with Crippen LogP contribution < -0.4 is 15.5 Å². The third-order valence-corrected chi connectivity index (χ3v) is 5.92. The van der Waals surface area contributed by atoms with E-state index in [0.29, 0.717) is 12.6 Å². The summed E-state index contributed by atoms with van der Waals surface area (Å²) >= 11 is 1.84. The molecule has 0 aliphatic carbocycles. The van der Waals surface area contributed by atoms with E-state index in [4.69, 9.17) is 4.99 Å². The first-order valence-electron chi connectivity index (χ1n) is 10.1. The van der Waals surface area contributed by atoms with E-state index in [1.807, 2.05) is 42.6 Å². The van der Waals surface area contributed by atoms with E-state index in [1.54, 1.807) is 0 Å². The standard InChI is InChI=1S/C21H32N6S.HI/c1-4-22-21(24-15-17-9-10-23-20(14-17)26(2)3)25-16-18(19-8-7-13-28-19)27-11-5-6-12-27;/h7-10,13-14,18H,4-6,11-12,15-16H2,1-3H3,(H2,22,24,25);1H. The van der Waals surface area contributed by atoms with Crippen molar-refractivity contribution in [2.45, 2.75) is 32.4 Å². The molecular weight excluding hydrogens is 495 g/mol. The van der Waals surface area contributed by atoms with Crippen LogP contribution in [0.2, 0.25) is 0 Å². The minimum Gasteiger partial charge on any atom is -0.363 e. The molecular formula is C21H33IN6S. The van der Waals surface area contributed by atoms with Gasteiger partial charge in [0.15, 0.2) is 5.96 Å². The molecule has 0 amide bonds. The van der Waals surface area contributed by atoms with E-state index >= 15 is 0 Å². The highest BCUT2D eigenvalue weighted by Gasteiger charge is 2.24. The predicted octanol–water partition coefficient (Wildman–Crippen LogP) is 3.72. The summed E-state index contributed by atoms with van der Waals surface area (Å²) in [6, 6.07) is 8.92. The zero-order valence-electron chi connectivity index (χ0n) is 17.6. The van der Waals surface area contributed by atoms with Gasteiger partial charge in [-0.3, -0.25) is 4.90 Å². The zero-order valence-corrected chi connectivity index (χ0v) is 20.7. The first-order valence-corrected chi connectivity index (χ1v) is 11.0. The smallest absolute Gasteiger partial charge is 0.191 e. The Morgan fingerprint density at radius 2 is 2.07 bits per heavy atom. The number of aliphatic imine (C=N–C) groups is 1. The maximum atomic E-state index is 4.80. The van der Waals surface area contributed by atoms with Crippen molar-refractivity contribution in [2.75, 3.05) is 45.2 Å². The fourth-order valence-electron chi connectivity index (χ4n) is 3.45. The molecule has 6 nitrogen and oxygen atoms in total. The lowest BCUT2D eigenvalue weighted by Gasteiger charge is -2.27. The topological polar surface area (TPSA) is 55.8 Å². The van der Waals surface area contributed by atoms with E-state index in [0.717, 1.165) is 30.4 Å². The maximum Gasteiger partial charge on any atom is 0.191 e. The Kier molecular flexibility index (Phi) is 10.2. The third-order valence-electron chi connectivity index (χ3n) is 4.95. The molecule has 1 atom stereocenters. The van der Waals surface area contributed by atoms with Crippen molar-refractivity contribution in [3.8, 4) is 0 Å². The highest BCUT2D eigenvalue weighted by atomic mass is 127. The molecule has 0 bridgehead atoms. The number of anilines is 1. The summed E-state index contributed by atoms with van der Waals surface area (Å²) in [7, 11) is 4.01. The van der Waals surface area contributed by atoms with Crippen LogP contribution in [0.4, 0.5) is 5.82 Å². The minimum absolute atomic E-state index is 0. The second-order valence-electron chi connectivity index (χ2n) is 7.27. The van der Waals surface area contributed by atoms with Crippen molar-refractivity contribution >= 4 is 47.1 Å². The molecule has 1 fully saturated rings. The predicted molar refractivity (Wildman–Crippen MR) is 135 cm³/mol. The molecule has 3 rings (SSSR count). The van der Waals surface area contributed by atoms with Crippen molar-refractivity contribution in [3.63, 3.8) is 0 Å². The molecule has 2 aromatic heterocycles. The number of hydrogen-bond acceptors (Lipinski definition) is 5. The van der Waals surface area contributed by atoms with Crippen LogP contribution in [0.3, 0.4) is 0 Å². The van der Waals surface area contributed by atoms with Gasteiger partial charge in [0.1, 0.15) is 5.82 Å². The Hall–Kier alpha value is -1.39. The van der Waals surface area contributed by atoms with Gasteiger partial charge in [-0.05, 0) is 62.0 Å². The first kappa shape index (κ1) is 23.9. The van der Waals surface area contributed by atoms with Crippen molar-refractivity contribution in [1.29, 1.82) is 0 Å². The lowest BCUT2D eigenvalue weighted by molar-refractivity contribution is 0.249. The van der Waals surface area contributed by atoms with Crippen molar-refractivity contribution in [1.82, 2.24) is 20.5 Å². The van der Waals surface area contributed by atoms with Crippen LogP contribution in [0, 0.1) is 0 Å². The van der Waals surface area contributed by atoms with E-state index < -0.39 is 0 Å². The summed E-state index contributed by atoms with van der Waals surface area (Å²) in [6.07, 6.45) is 4.44. The van der Waals surface area contributed by atoms with Crippen LogP contribution in [0.5, 0.6) is 0 Å². The second-order valence-corrected chi connectivity index (χ2v) is 8.25. The van der Waals surface area contributed by atoms with E-state index in [1.165, 1.54) is 30.8 Å². The average Bonchev–Trinajstić information content (AvgIpc) is 3.41. The van der Waals surface area contributed by atoms with Crippen molar-refractivity contribution < 1.29 is 0 Å². The van der Waals surface area contributed by atoms with E-state index in [9.17, 15) is 0 Å². The average molecular weight is 529 g/mol. The quantitative estimate of drug-likeness (QED) is 0.311. The minimum atomic E-state index is 0. The molecule has 160 valence electrons. The van der Waals surface area contributed by atoms with Gasteiger partial charge in [0.05, 0.1) is 12.6 Å². The lowest BCUT2D eigenvalue weighted by Crippen LogP contribution is -2.42. The van der Waals surface area contributed by atoms with Crippen molar-refractivity contribution in [3.05, 3.63) is 46.3 Å². The maximum absolute atomic E-state index is 4.80. The number of hydrogen-bond donors (Lipinski definition) is 2. The number of nitrogens with one attached hydrogen (secondary N) is 2. The lowest BCUT2D eigenvalue weighted by atomic mass is 10.2. The van der Waals surface area contributed by atoms with Gasteiger partial charge >= 0.3 is 0 Å². The number of rotatable bonds is 8. The summed E-state index contributed by atoms with van der Waals surface area (Å²) in [5.74, 6) is 1.82. The van der Waals surface area contributed by atoms with Gasteiger partial charge in [-0.15, -0.1) is 35.3 Å². The monoisotopic (exact) mass is 528 g/mol. The number of aromatic nitrogens is 1. The molecule has 0 radical (unpaired) electrons. The third kappa shape index (κ3) is 7.11. The molecule has 1 aliphatic rings. The van der Waals surface area contributed by atoms with Gasteiger partial charge in [0, 0.05) is 38.3 Å². The Morgan fingerprint density at radius 3 is 2.72 bits per heavy atom. The summed E-state index contributed by atoms with van der Waals surface area (Å²) in [5.41, 5.74) is 1.16. The summed E-state index contributed by atoms with van der Waals surface area (Å²) < 4.78 is 0. The van der Waals surface area contributed by atoms with Crippen LogP contribution in [0.25, 0.3) is 0 Å². The zero-order chi connectivity index (χ0) is 19.8. The molecule has 0 saturated carbocycles. The molecule has 0 spiro atoms. The van der Waals surface area contributed by atoms with E-state index in [2.05, 4.69) is 51.0 Å². The molecule has 1 unspecified atom stereocenters. The highest BCUT2D eigenvalue weighted by Crippen LogP contribution is 2.27. The molecule has 1 saturated heterocycles. The van der Waals surface area contributed by atoms with Crippen LogP contribution in [-0.4, -0.2) is 56.1 Å². The van der Waals surface area contributed by atoms with Crippen molar-refractivity contribution in [2.24, 2.45) is 4.99 Å². The molecule has 1 aliphatic heterocycles. The Labute approximate surface area is 195 Å². The van der Waals surface area contributed by atoms with Gasteiger partial charge in [0.2, 0.25) is 0 Å². The molecule has 3 heterocycles. The molecule has 0 aromatic carbocycles. The van der Waals surface area contributed by atoms with Crippen LogP contribution in [0.15, 0.2) is 40.8 Å². The van der Waals surface area contributed by atoms with Gasteiger partial charge in [0.25, 0.3) is 0 Å². The fraction of sp³-hybridized carbons (Fsp3) is 0.524. The number of thiophene rings is 1.